The smallest absolute Gasteiger partial charge is 0.301 e. The lowest BCUT2D eigenvalue weighted by atomic mass is 10.2. The predicted molar refractivity (Wildman–Crippen MR) is 77.4 cm³/mol. The third-order valence-electron chi connectivity index (χ3n) is 2.42. The van der Waals surface area contributed by atoms with Crippen LogP contribution in [-0.2, 0) is 0 Å². The first kappa shape index (κ1) is 13.9. The van der Waals surface area contributed by atoms with Crippen molar-refractivity contribution in [1.29, 1.82) is 0 Å². The van der Waals surface area contributed by atoms with Gasteiger partial charge in [0.15, 0.2) is 0 Å². The zero-order valence-corrected chi connectivity index (χ0v) is 11.5. The van der Waals surface area contributed by atoms with Crippen LogP contribution in [0.15, 0.2) is 38.3 Å². The molecule has 2 rings (SSSR count). The lowest BCUT2D eigenvalue weighted by Crippen LogP contribution is -2.25. The number of halogens is 1. The minimum Gasteiger partial charge on any atom is -0.301 e. The number of nitrogens with zero attached hydrogens (tertiary/aromatic N) is 1. The topological polar surface area (TPSA) is 109 Å². The molecule has 102 valence electrons. The summed E-state index contributed by atoms with van der Waals surface area (Å²) in [6.45, 7) is 0. The Kier molecular flexibility index (Phi) is 3.94. The Hall–Kier alpha value is -2.48. The average molecular weight is 338 g/mol. The van der Waals surface area contributed by atoms with E-state index in [1.165, 1.54) is 6.08 Å². The Morgan fingerprint density at radius 3 is 2.60 bits per heavy atom. The van der Waals surface area contributed by atoms with Gasteiger partial charge in [-0.15, -0.1) is 0 Å². The maximum Gasteiger partial charge on any atom is 0.357 e. The highest BCUT2D eigenvalue weighted by Crippen LogP contribution is 2.16. The summed E-state index contributed by atoms with van der Waals surface area (Å²) in [6, 6.07) is 7.18. The lowest BCUT2D eigenvalue weighted by Gasteiger charge is -1.97. The highest BCUT2D eigenvalue weighted by Gasteiger charge is 2.18. The highest BCUT2D eigenvalue weighted by atomic mass is 79.9. The van der Waals surface area contributed by atoms with Gasteiger partial charge in [0, 0.05) is 4.47 Å². The van der Waals surface area contributed by atoms with Crippen LogP contribution in [-0.4, -0.2) is 14.9 Å². The molecule has 2 aromatic rings. The maximum atomic E-state index is 11.4. The summed E-state index contributed by atoms with van der Waals surface area (Å²) >= 11 is 3.29. The second-order valence-electron chi connectivity index (χ2n) is 3.82. The van der Waals surface area contributed by atoms with Gasteiger partial charge in [-0.1, -0.05) is 34.1 Å². The van der Waals surface area contributed by atoms with Crippen LogP contribution in [0.3, 0.4) is 0 Å². The Morgan fingerprint density at radius 1 is 1.20 bits per heavy atom. The van der Waals surface area contributed by atoms with Crippen LogP contribution in [0.25, 0.3) is 12.2 Å². The average Bonchev–Trinajstić information content (AvgIpc) is 2.35. The van der Waals surface area contributed by atoms with E-state index in [1.54, 1.807) is 24.3 Å². The fraction of sp³-hybridized carbons (Fsp3) is 0. The van der Waals surface area contributed by atoms with Gasteiger partial charge in [-0.3, -0.25) is 19.9 Å². The minimum atomic E-state index is -1.03. The van der Waals surface area contributed by atoms with E-state index < -0.39 is 21.9 Å². The molecular formula is C12H8BrN3O4. The third-order valence-corrected chi connectivity index (χ3v) is 2.91. The van der Waals surface area contributed by atoms with E-state index in [0.29, 0.717) is 0 Å². The number of H-pyrrole nitrogens is 2. The van der Waals surface area contributed by atoms with Crippen molar-refractivity contribution in [2.75, 3.05) is 0 Å². The summed E-state index contributed by atoms with van der Waals surface area (Å²) in [5.74, 6) is 0. The van der Waals surface area contributed by atoms with Crippen molar-refractivity contribution in [3.05, 3.63) is 70.9 Å². The maximum absolute atomic E-state index is 11.4. The van der Waals surface area contributed by atoms with Crippen molar-refractivity contribution < 1.29 is 4.92 Å². The van der Waals surface area contributed by atoms with Crippen LogP contribution in [0.4, 0.5) is 5.69 Å². The van der Waals surface area contributed by atoms with E-state index in [-0.39, 0.29) is 5.69 Å². The Morgan fingerprint density at radius 2 is 1.95 bits per heavy atom. The molecule has 8 heteroatoms. The molecule has 0 saturated carbocycles. The van der Waals surface area contributed by atoms with Crippen molar-refractivity contribution in [1.82, 2.24) is 9.97 Å². The summed E-state index contributed by atoms with van der Waals surface area (Å²) in [6.07, 6.45) is 2.87. The molecule has 0 aliphatic rings. The normalized spacial score (nSPS) is 10.8. The van der Waals surface area contributed by atoms with Crippen molar-refractivity contribution in [2.24, 2.45) is 0 Å². The molecule has 2 N–H and O–H groups in total. The summed E-state index contributed by atoms with van der Waals surface area (Å²) in [5.41, 5.74) is -1.92. The number of aromatic nitrogens is 2. The van der Waals surface area contributed by atoms with E-state index in [1.807, 2.05) is 11.1 Å². The van der Waals surface area contributed by atoms with E-state index >= 15 is 0 Å². The van der Waals surface area contributed by atoms with Crippen LogP contribution in [0.1, 0.15) is 11.3 Å². The Labute approximate surface area is 120 Å². The first-order chi connectivity index (χ1) is 9.47. The number of benzene rings is 1. The van der Waals surface area contributed by atoms with Crippen LogP contribution in [0.5, 0.6) is 0 Å². The third kappa shape index (κ3) is 3.09. The molecule has 0 atom stereocenters. The standard InChI is InChI=1S/C12H8BrN3O4/c13-8-3-1-2-7(6-8)4-5-9-10(16(19)20)11(17)15-12(18)14-9/h1-6H,(H2,14,15,17,18). The molecule has 1 heterocycles. The van der Waals surface area contributed by atoms with Crippen molar-refractivity contribution >= 4 is 33.8 Å². The second-order valence-corrected chi connectivity index (χ2v) is 4.73. The first-order valence-corrected chi connectivity index (χ1v) is 6.21. The monoisotopic (exact) mass is 337 g/mol. The quantitative estimate of drug-likeness (QED) is 0.658. The summed E-state index contributed by atoms with van der Waals surface area (Å²) in [4.78, 5) is 36.6. The van der Waals surface area contributed by atoms with Crippen molar-refractivity contribution in [3.8, 4) is 0 Å². The van der Waals surface area contributed by atoms with Gasteiger partial charge in [0.05, 0.1) is 4.92 Å². The van der Waals surface area contributed by atoms with Gasteiger partial charge in [0.2, 0.25) is 0 Å². The number of hydrogen-bond acceptors (Lipinski definition) is 4. The first-order valence-electron chi connectivity index (χ1n) is 5.42. The molecular weight excluding hydrogens is 330 g/mol. The highest BCUT2D eigenvalue weighted by molar-refractivity contribution is 9.10. The summed E-state index contributed by atoms with van der Waals surface area (Å²) < 4.78 is 0.841. The summed E-state index contributed by atoms with van der Waals surface area (Å²) in [7, 11) is 0. The Bertz CT molecular complexity index is 807. The van der Waals surface area contributed by atoms with E-state index in [2.05, 4.69) is 20.9 Å². The van der Waals surface area contributed by atoms with E-state index in [4.69, 9.17) is 0 Å². The van der Waals surface area contributed by atoms with Crippen LogP contribution >= 0.6 is 15.9 Å². The van der Waals surface area contributed by atoms with Crippen LogP contribution in [0, 0.1) is 10.1 Å². The molecule has 1 aromatic heterocycles. The molecule has 0 amide bonds. The molecule has 0 unspecified atom stereocenters. The van der Waals surface area contributed by atoms with Crippen LogP contribution < -0.4 is 11.2 Å². The van der Waals surface area contributed by atoms with Gasteiger partial charge < -0.3 is 4.98 Å². The molecule has 0 fully saturated rings. The molecule has 0 radical (unpaired) electrons. The largest absolute Gasteiger partial charge is 0.357 e. The molecule has 20 heavy (non-hydrogen) atoms. The van der Waals surface area contributed by atoms with Gasteiger partial charge in [0.1, 0.15) is 5.69 Å². The van der Waals surface area contributed by atoms with Crippen molar-refractivity contribution in [2.45, 2.75) is 0 Å². The summed E-state index contributed by atoms with van der Waals surface area (Å²) in [5, 5.41) is 10.8. The molecule has 7 nitrogen and oxygen atoms in total. The van der Waals surface area contributed by atoms with Gasteiger partial charge >= 0.3 is 16.9 Å². The van der Waals surface area contributed by atoms with Crippen LogP contribution in [0.2, 0.25) is 0 Å². The van der Waals surface area contributed by atoms with Gasteiger partial charge in [-0.05, 0) is 23.8 Å². The Balaban J connectivity index is 2.51. The minimum absolute atomic E-state index is 0.149. The number of nitrogens with one attached hydrogen (secondary N) is 2. The molecule has 0 aliphatic carbocycles. The fourth-order valence-corrected chi connectivity index (χ4v) is 2.01. The fourth-order valence-electron chi connectivity index (χ4n) is 1.59. The van der Waals surface area contributed by atoms with Gasteiger partial charge in [-0.2, -0.15) is 0 Å². The molecule has 0 spiro atoms. The second kappa shape index (κ2) is 5.66. The van der Waals surface area contributed by atoms with Crippen molar-refractivity contribution in [3.63, 3.8) is 0 Å². The molecule has 0 saturated heterocycles. The number of hydrogen-bond donors (Lipinski definition) is 2. The van der Waals surface area contributed by atoms with E-state index in [0.717, 1.165) is 10.0 Å². The number of rotatable bonds is 3. The van der Waals surface area contributed by atoms with Gasteiger partial charge in [-0.25, -0.2) is 4.79 Å². The van der Waals surface area contributed by atoms with Gasteiger partial charge in [0.25, 0.3) is 0 Å². The zero-order chi connectivity index (χ0) is 14.7. The molecule has 0 bridgehead atoms. The van der Waals surface area contributed by atoms with E-state index in [9.17, 15) is 19.7 Å². The SMILES string of the molecule is O=c1[nH]c(C=Cc2cccc(Br)c2)c([N+](=O)[O-])c(=O)[nH]1. The molecule has 1 aromatic carbocycles. The number of aromatic amines is 2. The zero-order valence-electron chi connectivity index (χ0n) is 9.92. The number of nitro groups is 1. The predicted octanol–water partition coefficient (Wildman–Crippen LogP) is 1.90. The molecule has 0 aliphatic heterocycles. The lowest BCUT2D eigenvalue weighted by molar-refractivity contribution is -0.386.